The quantitative estimate of drug-likeness (QED) is 0.496. The third kappa shape index (κ3) is 3.01. The van der Waals surface area contributed by atoms with Crippen molar-refractivity contribution in [3.05, 3.63) is 44.3 Å². The SMILES string of the molecule is [N-]=[N+]=NCC(O)C(O)c1cccc(Cl)c1Cl. The van der Waals surface area contributed by atoms with Crippen LogP contribution >= 0.6 is 23.2 Å². The van der Waals surface area contributed by atoms with Gasteiger partial charge in [0.25, 0.3) is 0 Å². The summed E-state index contributed by atoms with van der Waals surface area (Å²) in [6.07, 6.45) is -2.46. The predicted octanol–water partition coefficient (Wildman–Crippen LogP) is 2.70. The van der Waals surface area contributed by atoms with E-state index in [4.69, 9.17) is 28.7 Å². The van der Waals surface area contributed by atoms with Gasteiger partial charge in [0.15, 0.2) is 0 Å². The molecular formula is C9H9Cl2N3O2. The molecule has 0 spiro atoms. The fraction of sp³-hybridized carbons (Fsp3) is 0.333. The first-order valence-electron chi connectivity index (χ1n) is 4.38. The van der Waals surface area contributed by atoms with Crippen molar-refractivity contribution >= 4 is 23.2 Å². The molecule has 2 N–H and O–H groups in total. The van der Waals surface area contributed by atoms with Gasteiger partial charge in [-0.15, -0.1) is 0 Å². The predicted molar refractivity (Wildman–Crippen MR) is 61.4 cm³/mol. The zero-order valence-electron chi connectivity index (χ0n) is 8.09. The maximum Gasteiger partial charge on any atom is 0.106 e. The number of benzene rings is 1. The fourth-order valence-corrected chi connectivity index (χ4v) is 1.60. The third-order valence-electron chi connectivity index (χ3n) is 2.00. The van der Waals surface area contributed by atoms with Gasteiger partial charge in [-0.25, -0.2) is 0 Å². The van der Waals surface area contributed by atoms with Crippen LogP contribution in [0.4, 0.5) is 0 Å². The Morgan fingerprint density at radius 3 is 2.69 bits per heavy atom. The lowest BCUT2D eigenvalue weighted by molar-refractivity contribution is 0.0245. The summed E-state index contributed by atoms with van der Waals surface area (Å²) in [5, 5.41) is 22.9. The summed E-state index contributed by atoms with van der Waals surface area (Å²) >= 11 is 11.6. The van der Waals surface area contributed by atoms with Gasteiger partial charge < -0.3 is 10.2 Å². The lowest BCUT2D eigenvalue weighted by Gasteiger charge is -2.17. The van der Waals surface area contributed by atoms with E-state index in [9.17, 15) is 10.2 Å². The van der Waals surface area contributed by atoms with E-state index in [0.717, 1.165) is 0 Å². The third-order valence-corrected chi connectivity index (χ3v) is 2.83. The van der Waals surface area contributed by atoms with E-state index in [1.807, 2.05) is 0 Å². The number of aliphatic hydroxyl groups is 2. The molecule has 0 aromatic heterocycles. The van der Waals surface area contributed by atoms with Gasteiger partial charge in [-0.2, -0.15) is 0 Å². The van der Waals surface area contributed by atoms with E-state index in [1.165, 1.54) is 6.07 Å². The maximum atomic E-state index is 9.74. The summed E-state index contributed by atoms with van der Waals surface area (Å²) in [4.78, 5) is 2.49. The topological polar surface area (TPSA) is 89.2 Å². The number of nitrogens with zero attached hydrogens (tertiary/aromatic N) is 3. The molecule has 0 aliphatic carbocycles. The van der Waals surface area contributed by atoms with Crippen molar-refractivity contribution < 1.29 is 10.2 Å². The van der Waals surface area contributed by atoms with Crippen molar-refractivity contribution in [3.63, 3.8) is 0 Å². The molecule has 0 bridgehead atoms. The number of rotatable bonds is 4. The summed E-state index contributed by atoms with van der Waals surface area (Å²) < 4.78 is 0. The van der Waals surface area contributed by atoms with Crippen LogP contribution in [0.5, 0.6) is 0 Å². The highest BCUT2D eigenvalue weighted by Gasteiger charge is 2.20. The Balaban J connectivity index is 2.91. The van der Waals surface area contributed by atoms with Crippen molar-refractivity contribution in [1.82, 2.24) is 0 Å². The van der Waals surface area contributed by atoms with Gasteiger partial charge in [-0.3, -0.25) is 0 Å². The molecule has 1 aromatic carbocycles. The Hall–Kier alpha value is -0.970. The van der Waals surface area contributed by atoms with E-state index < -0.39 is 12.2 Å². The molecule has 0 aliphatic heterocycles. The second-order valence-electron chi connectivity index (χ2n) is 3.07. The van der Waals surface area contributed by atoms with Crippen LogP contribution < -0.4 is 0 Å². The molecule has 0 aliphatic rings. The minimum atomic E-state index is -1.24. The summed E-state index contributed by atoms with van der Waals surface area (Å²) in [6.45, 7) is -0.236. The lowest BCUT2D eigenvalue weighted by atomic mass is 10.0. The minimum Gasteiger partial charge on any atom is -0.390 e. The fourth-order valence-electron chi connectivity index (χ4n) is 1.18. The van der Waals surface area contributed by atoms with Crippen molar-refractivity contribution in [2.75, 3.05) is 6.54 Å². The van der Waals surface area contributed by atoms with Crippen molar-refractivity contribution in [1.29, 1.82) is 0 Å². The van der Waals surface area contributed by atoms with Gasteiger partial charge in [-0.1, -0.05) is 40.4 Å². The van der Waals surface area contributed by atoms with Crippen LogP contribution in [-0.2, 0) is 0 Å². The van der Waals surface area contributed by atoms with Crippen LogP contribution in [-0.4, -0.2) is 22.9 Å². The summed E-state index contributed by atoms with van der Waals surface area (Å²) in [5.41, 5.74) is 8.39. The normalized spacial score (nSPS) is 14.0. The van der Waals surface area contributed by atoms with Crippen LogP contribution in [0.2, 0.25) is 10.0 Å². The zero-order chi connectivity index (χ0) is 12.1. The Kier molecular flexibility index (Phi) is 4.86. The number of halogens is 2. The molecule has 2 unspecified atom stereocenters. The molecule has 2 atom stereocenters. The van der Waals surface area contributed by atoms with E-state index in [-0.39, 0.29) is 16.6 Å². The molecule has 0 radical (unpaired) electrons. The Morgan fingerprint density at radius 1 is 1.38 bits per heavy atom. The van der Waals surface area contributed by atoms with Crippen LogP contribution in [0.1, 0.15) is 11.7 Å². The standard InChI is InChI=1S/C9H9Cl2N3O2/c10-6-3-1-2-5(8(6)11)9(16)7(15)4-13-14-12/h1-3,7,9,15-16H,4H2. The van der Waals surface area contributed by atoms with E-state index >= 15 is 0 Å². The maximum absolute atomic E-state index is 9.74. The molecule has 7 heteroatoms. The number of azide groups is 1. The Bertz CT molecular complexity index is 421. The highest BCUT2D eigenvalue weighted by atomic mass is 35.5. The number of aliphatic hydroxyl groups excluding tert-OH is 2. The number of hydrogen-bond acceptors (Lipinski definition) is 3. The molecule has 5 nitrogen and oxygen atoms in total. The minimum absolute atomic E-state index is 0.177. The largest absolute Gasteiger partial charge is 0.390 e. The zero-order valence-corrected chi connectivity index (χ0v) is 9.60. The molecule has 1 aromatic rings. The Morgan fingerprint density at radius 2 is 2.06 bits per heavy atom. The first-order chi connectivity index (χ1) is 7.57. The molecule has 16 heavy (non-hydrogen) atoms. The van der Waals surface area contributed by atoms with Gasteiger partial charge in [0.05, 0.1) is 22.7 Å². The highest BCUT2D eigenvalue weighted by Crippen LogP contribution is 2.31. The van der Waals surface area contributed by atoms with Crippen molar-refractivity contribution in [3.8, 4) is 0 Å². The van der Waals surface area contributed by atoms with Crippen LogP contribution in [0, 0.1) is 0 Å². The molecule has 0 saturated carbocycles. The monoisotopic (exact) mass is 261 g/mol. The molecule has 86 valence electrons. The van der Waals surface area contributed by atoms with Gasteiger partial charge in [-0.05, 0) is 11.6 Å². The molecule has 0 fully saturated rings. The summed E-state index contributed by atoms with van der Waals surface area (Å²) in [6, 6.07) is 4.71. The van der Waals surface area contributed by atoms with Crippen molar-refractivity contribution in [2.24, 2.45) is 5.11 Å². The second kappa shape index (κ2) is 5.94. The van der Waals surface area contributed by atoms with E-state index in [1.54, 1.807) is 12.1 Å². The average molecular weight is 262 g/mol. The summed E-state index contributed by atoms with van der Waals surface area (Å²) in [7, 11) is 0. The van der Waals surface area contributed by atoms with Gasteiger partial charge in [0.2, 0.25) is 0 Å². The van der Waals surface area contributed by atoms with Crippen LogP contribution in [0.3, 0.4) is 0 Å². The van der Waals surface area contributed by atoms with Gasteiger partial charge >= 0.3 is 0 Å². The average Bonchev–Trinajstić information content (AvgIpc) is 2.28. The summed E-state index contributed by atoms with van der Waals surface area (Å²) in [5.74, 6) is 0. The van der Waals surface area contributed by atoms with E-state index in [2.05, 4.69) is 10.0 Å². The van der Waals surface area contributed by atoms with Crippen LogP contribution in [0.25, 0.3) is 10.4 Å². The first kappa shape index (κ1) is 13.1. The molecule has 0 saturated heterocycles. The molecule has 0 amide bonds. The van der Waals surface area contributed by atoms with Crippen molar-refractivity contribution in [2.45, 2.75) is 12.2 Å². The van der Waals surface area contributed by atoms with Gasteiger partial charge in [0.1, 0.15) is 6.10 Å². The lowest BCUT2D eigenvalue weighted by Crippen LogP contribution is -2.21. The molecule has 0 heterocycles. The smallest absolute Gasteiger partial charge is 0.106 e. The molecule has 1 rings (SSSR count). The molecular weight excluding hydrogens is 253 g/mol. The second-order valence-corrected chi connectivity index (χ2v) is 3.85. The Labute approximate surface area is 102 Å². The van der Waals surface area contributed by atoms with Gasteiger partial charge in [0, 0.05) is 10.5 Å². The van der Waals surface area contributed by atoms with Crippen LogP contribution in [0.15, 0.2) is 23.3 Å². The van der Waals surface area contributed by atoms with E-state index in [0.29, 0.717) is 5.56 Å². The number of hydrogen-bond donors (Lipinski definition) is 2. The highest BCUT2D eigenvalue weighted by molar-refractivity contribution is 6.42. The first-order valence-corrected chi connectivity index (χ1v) is 5.14.